The standard InChI is InChI=1S/C21H25BrClN3/c1-13-9-18(23)11-15-3-2-4-16-10-17(22)12-25-21(16)20(19(13)15)14-5-7-26(24)8-6-14/h9-12,14,20H,2-8,24H2,1H3. The molecular formula is C21H25BrClN3. The lowest BCUT2D eigenvalue weighted by molar-refractivity contribution is 0.176. The van der Waals surface area contributed by atoms with Gasteiger partial charge in [0.25, 0.3) is 0 Å². The second kappa shape index (κ2) is 7.59. The van der Waals surface area contributed by atoms with Gasteiger partial charge in [-0.1, -0.05) is 11.6 Å². The lowest BCUT2D eigenvalue weighted by atomic mass is 9.72. The van der Waals surface area contributed by atoms with E-state index < -0.39 is 0 Å². The molecule has 138 valence electrons. The Labute approximate surface area is 169 Å². The highest BCUT2D eigenvalue weighted by Crippen LogP contribution is 2.43. The SMILES string of the molecule is Cc1cc(Cl)cc2c1C(C1CCN(N)CC1)c1ncc(Br)cc1CCC2. The average molecular weight is 435 g/mol. The van der Waals surface area contributed by atoms with Crippen LogP contribution in [-0.4, -0.2) is 23.1 Å². The van der Waals surface area contributed by atoms with Crippen molar-refractivity contribution < 1.29 is 0 Å². The van der Waals surface area contributed by atoms with Gasteiger partial charge in [0.15, 0.2) is 0 Å². The quantitative estimate of drug-likeness (QED) is 0.641. The van der Waals surface area contributed by atoms with Gasteiger partial charge in [0.1, 0.15) is 0 Å². The van der Waals surface area contributed by atoms with Gasteiger partial charge in [-0.25, -0.2) is 5.01 Å². The van der Waals surface area contributed by atoms with Crippen LogP contribution in [-0.2, 0) is 12.8 Å². The Morgan fingerprint density at radius 3 is 2.65 bits per heavy atom. The maximum absolute atomic E-state index is 6.40. The molecule has 2 N–H and O–H groups in total. The first-order valence-electron chi connectivity index (χ1n) is 9.46. The lowest BCUT2D eigenvalue weighted by Gasteiger charge is -2.37. The fourth-order valence-corrected chi connectivity index (χ4v) is 5.44. The Morgan fingerprint density at radius 2 is 1.88 bits per heavy atom. The molecule has 0 spiro atoms. The predicted molar refractivity (Wildman–Crippen MR) is 110 cm³/mol. The van der Waals surface area contributed by atoms with Gasteiger partial charge in [-0.3, -0.25) is 10.8 Å². The molecule has 26 heavy (non-hydrogen) atoms. The van der Waals surface area contributed by atoms with Crippen molar-refractivity contribution in [1.82, 2.24) is 9.99 Å². The van der Waals surface area contributed by atoms with Crippen LogP contribution in [0, 0.1) is 12.8 Å². The number of rotatable bonds is 1. The molecule has 1 unspecified atom stereocenters. The van der Waals surface area contributed by atoms with Crippen LogP contribution in [0.15, 0.2) is 28.9 Å². The van der Waals surface area contributed by atoms with E-state index in [4.69, 9.17) is 22.4 Å². The molecule has 1 aromatic heterocycles. The van der Waals surface area contributed by atoms with E-state index in [0.717, 1.165) is 54.7 Å². The predicted octanol–water partition coefficient (Wildman–Crippen LogP) is 5.01. The zero-order valence-corrected chi connectivity index (χ0v) is 17.5. The fraction of sp³-hybridized carbons (Fsp3) is 0.476. The zero-order chi connectivity index (χ0) is 18.3. The minimum absolute atomic E-state index is 0.333. The van der Waals surface area contributed by atoms with Crippen LogP contribution in [0.5, 0.6) is 0 Å². The molecule has 1 aliphatic heterocycles. The van der Waals surface area contributed by atoms with Crippen LogP contribution in [0.1, 0.15) is 53.1 Å². The summed E-state index contributed by atoms with van der Waals surface area (Å²) >= 11 is 10.0. The first-order chi connectivity index (χ1) is 12.5. The number of piperidine rings is 1. The molecule has 0 saturated carbocycles. The van der Waals surface area contributed by atoms with E-state index in [1.54, 1.807) is 0 Å². The van der Waals surface area contributed by atoms with Gasteiger partial charge in [0.2, 0.25) is 0 Å². The number of fused-ring (bicyclic) bond motifs is 2. The number of halogens is 2. The number of aromatic nitrogens is 1. The van der Waals surface area contributed by atoms with Crippen LogP contribution < -0.4 is 5.84 Å². The van der Waals surface area contributed by atoms with E-state index in [0.29, 0.717) is 11.8 Å². The van der Waals surface area contributed by atoms with E-state index in [1.165, 1.54) is 27.9 Å². The summed E-state index contributed by atoms with van der Waals surface area (Å²) in [5.41, 5.74) is 6.81. The molecule has 0 radical (unpaired) electrons. The Balaban J connectivity index is 1.88. The summed E-state index contributed by atoms with van der Waals surface area (Å²) in [6.07, 6.45) is 7.45. The Kier molecular flexibility index (Phi) is 5.38. The number of hydrogen-bond acceptors (Lipinski definition) is 3. The van der Waals surface area contributed by atoms with E-state index in [2.05, 4.69) is 41.1 Å². The van der Waals surface area contributed by atoms with Gasteiger partial charge in [-0.15, -0.1) is 0 Å². The molecular weight excluding hydrogens is 410 g/mol. The number of benzene rings is 1. The summed E-state index contributed by atoms with van der Waals surface area (Å²) in [5.74, 6) is 6.94. The van der Waals surface area contributed by atoms with Gasteiger partial charge in [0, 0.05) is 34.7 Å². The monoisotopic (exact) mass is 433 g/mol. The molecule has 4 rings (SSSR count). The number of aryl methyl sites for hydroxylation is 3. The highest BCUT2D eigenvalue weighted by Gasteiger charge is 2.34. The molecule has 2 heterocycles. The third-order valence-electron chi connectivity index (χ3n) is 5.95. The van der Waals surface area contributed by atoms with Crippen molar-refractivity contribution in [3.8, 4) is 0 Å². The van der Waals surface area contributed by atoms with E-state index in [-0.39, 0.29) is 0 Å². The maximum Gasteiger partial charge on any atom is 0.0514 e. The molecule has 1 fully saturated rings. The van der Waals surface area contributed by atoms with Crippen LogP contribution in [0.4, 0.5) is 0 Å². The van der Waals surface area contributed by atoms with Crippen molar-refractivity contribution in [3.63, 3.8) is 0 Å². The van der Waals surface area contributed by atoms with Gasteiger partial charge in [-0.2, -0.15) is 0 Å². The highest BCUT2D eigenvalue weighted by atomic mass is 79.9. The van der Waals surface area contributed by atoms with Crippen LogP contribution in [0.2, 0.25) is 5.02 Å². The van der Waals surface area contributed by atoms with Gasteiger partial charge in [-0.05, 0) is 101 Å². The Morgan fingerprint density at radius 1 is 1.15 bits per heavy atom. The van der Waals surface area contributed by atoms with Gasteiger partial charge >= 0.3 is 0 Å². The molecule has 0 amide bonds. The Bertz CT molecular complexity index is 815. The lowest BCUT2D eigenvalue weighted by Crippen LogP contribution is -2.40. The van der Waals surface area contributed by atoms with Crippen molar-refractivity contribution in [3.05, 3.63) is 61.8 Å². The third kappa shape index (κ3) is 3.57. The van der Waals surface area contributed by atoms with Crippen LogP contribution >= 0.6 is 27.5 Å². The average Bonchev–Trinajstić information content (AvgIpc) is 2.58. The second-order valence-corrected chi connectivity index (χ2v) is 9.05. The van der Waals surface area contributed by atoms with Crippen molar-refractivity contribution in [2.24, 2.45) is 11.8 Å². The largest absolute Gasteiger partial charge is 0.269 e. The van der Waals surface area contributed by atoms with Gasteiger partial charge in [0.05, 0.1) is 5.69 Å². The zero-order valence-electron chi connectivity index (χ0n) is 15.1. The van der Waals surface area contributed by atoms with E-state index in [1.807, 2.05) is 11.2 Å². The normalized spacial score (nSPS) is 21.6. The highest BCUT2D eigenvalue weighted by molar-refractivity contribution is 9.10. The summed E-state index contributed by atoms with van der Waals surface area (Å²) < 4.78 is 1.07. The summed E-state index contributed by atoms with van der Waals surface area (Å²) in [6, 6.07) is 6.56. The minimum Gasteiger partial charge on any atom is -0.269 e. The van der Waals surface area contributed by atoms with Crippen molar-refractivity contribution in [2.75, 3.05) is 13.1 Å². The third-order valence-corrected chi connectivity index (χ3v) is 6.60. The summed E-state index contributed by atoms with van der Waals surface area (Å²) in [7, 11) is 0. The topological polar surface area (TPSA) is 42.1 Å². The smallest absolute Gasteiger partial charge is 0.0514 e. The van der Waals surface area contributed by atoms with E-state index in [9.17, 15) is 0 Å². The van der Waals surface area contributed by atoms with Crippen LogP contribution in [0.3, 0.4) is 0 Å². The maximum atomic E-state index is 6.40. The van der Waals surface area contributed by atoms with Crippen LogP contribution in [0.25, 0.3) is 0 Å². The molecule has 1 aliphatic carbocycles. The van der Waals surface area contributed by atoms with Gasteiger partial charge < -0.3 is 0 Å². The first-order valence-corrected chi connectivity index (χ1v) is 10.6. The van der Waals surface area contributed by atoms with Crippen molar-refractivity contribution >= 4 is 27.5 Å². The molecule has 2 aromatic rings. The summed E-state index contributed by atoms with van der Waals surface area (Å²) in [5, 5.41) is 2.80. The first kappa shape index (κ1) is 18.4. The molecule has 1 aromatic carbocycles. The van der Waals surface area contributed by atoms with E-state index >= 15 is 0 Å². The number of nitrogens with two attached hydrogens (primary N) is 1. The van der Waals surface area contributed by atoms with Crippen molar-refractivity contribution in [2.45, 2.75) is 44.9 Å². The molecule has 0 bridgehead atoms. The number of nitrogens with zero attached hydrogens (tertiary/aromatic N) is 2. The summed E-state index contributed by atoms with van der Waals surface area (Å²) in [6.45, 7) is 4.11. The number of hydrogen-bond donors (Lipinski definition) is 1. The molecule has 2 aliphatic rings. The number of hydrazine groups is 1. The Hall–Kier alpha value is -0.940. The molecule has 3 nitrogen and oxygen atoms in total. The minimum atomic E-state index is 0.333. The fourth-order valence-electron chi connectivity index (χ4n) is 4.77. The molecule has 5 heteroatoms. The van der Waals surface area contributed by atoms with Crippen molar-refractivity contribution in [1.29, 1.82) is 0 Å². The molecule has 1 atom stereocenters. The second-order valence-electron chi connectivity index (χ2n) is 7.70. The number of pyridine rings is 1. The summed E-state index contributed by atoms with van der Waals surface area (Å²) in [4.78, 5) is 4.93. The molecule has 1 saturated heterocycles.